The molecular formula is C18H20N2O. The Balaban J connectivity index is 2.37. The lowest BCUT2D eigenvalue weighted by molar-refractivity contribution is 0.416. The molecule has 2 aromatic carbocycles. The van der Waals surface area contributed by atoms with E-state index in [9.17, 15) is 0 Å². The van der Waals surface area contributed by atoms with Gasteiger partial charge in [-0.3, -0.25) is 0 Å². The van der Waals surface area contributed by atoms with Crippen LogP contribution in [0.3, 0.4) is 0 Å². The van der Waals surface area contributed by atoms with Gasteiger partial charge in [-0.25, -0.2) is 0 Å². The molecule has 0 bridgehead atoms. The monoisotopic (exact) mass is 280 g/mol. The molecule has 1 N–H and O–H groups in total. The fourth-order valence-electron chi connectivity index (χ4n) is 2.17. The van der Waals surface area contributed by atoms with Gasteiger partial charge in [0.1, 0.15) is 5.75 Å². The van der Waals surface area contributed by atoms with Gasteiger partial charge in [0.25, 0.3) is 0 Å². The van der Waals surface area contributed by atoms with Crippen molar-refractivity contribution < 1.29 is 4.74 Å². The van der Waals surface area contributed by atoms with Crippen LogP contribution in [0.25, 0.3) is 11.1 Å². The highest BCUT2D eigenvalue weighted by molar-refractivity contribution is 5.72. The smallest absolute Gasteiger partial charge is 0.126 e. The summed E-state index contributed by atoms with van der Waals surface area (Å²) in [5.74, 6) is 0.781. The lowest BCUT2D eigenvalue weighted by atomic mass is 10.00. The normalized spacial score (nSPS) is 10.4. The molecule has 0 aliphatic rings. The lowest BCUT2D eigenvalue weighted by Crippen LogP contribution is -2.21. The fourth-order valence-corrected chi connectivity index (χ4v) is 2.17. The maximum atomic E-state index is 9.07. The summed E-state index contributed by atoms with van der Waals surface area (Å²) >= 11 is 0. The van der Waals surface area contributed by atoms with Gasteiger partial charge in [-0.15, -0.1) is 0 Å². The summed E-state index contributed by atoms with van der Waals surface area (Å²) in [5, 5.41) is 12.5. The van der Waals surface area contributed by atoms with E-state index in [0.29, 0.717) is 11.6 Å². The first-order valence-electron chi connectivity index (χ1n) is 7.05. The quantitative estimate of drug-likeness (QED) is 0.907. The Morgan fingerprint density at radius 3 is 2.67 bits per heavy atom. The molecule has 0 aliphatic carbocycles. The minimum atomic E-state index is 0.449. The summed E-state index contributed by atoms with van der Waals surface area (Å²) in [4.78, 5) is 0. The zero-order valence-electron chi connectivity index (χ0n) is 12.7. The van der Waals surface area contributed by atoms with Gasteiger partial charge in [0.2, 0.25) is 0 Å². The topological polar surface area (TPSA) is 45.0 Å². The summed E-state index contributed by atoms with van der Waals surface area (Å²) in [5.41, 5.74) is 3.86. The number of hydrogen-bond acceptors (Lipinski definition) is 3. The van der Waals surface area contributed by atoms with E-state index in [0.717, 1.165) is 23.4 Å². The van der Waals surface area contributed by atoms with Gasteiger partial charge in [-0.05, 0) is 35.4 Å². The minimum absolute atomic E-state index is 0.449. The molecule has 21 heavy (non-hydrogen) atoms. The molecule has 0 atom stereocenters. The highest BCUT2D eigenvalue weighted by atomic mass is 16.5. The van der Waals surface area contributed by atoms with Gasteiger partial charge in [-0.1, -0.05) is 32.0 Å². The van der Waals surface area contributed by atoms with Crippen molar-refractivity contribution in [2.45, 2.75) is 26.4 Å². The predicted molar refractivity (Wildman–Crippen MR) is 85.1 cm³/mol. The first-order chi connectivity index (χ1) is 10.1. The second-order valence-corrected chi connectivity index (χ2v) is 5.26. The Morgan fingerprint density at radius 2 is 2.00 bits per heavy atom. The Kier molecular flexibility index (Phi) is 4.97. The van der Waals surface area contributed by atoms with Crippen molar-refractivity contribution in [1.82, 2.24) is 5.32 Å². The van der Waals surface area contributed by atoms with Gasteiger partial charge < -0.3 is 10.1 Å². The molecule has 0 aliphatic heterocycles. The molecular weight excluding hydrogens is 260 g/mol. The first-order valence-corrected chi connectivity index (χ1v) is 7.05. The van der Waals surface area contributed by atoms with Crippen molar-refractivity contribution in [2.24, 2.45) is 0 Å². The summed E-state index contributed by atoms with van der Waals surface area (Å²) in [6, 6.07) is 16.4. The third kappa shape index (κ3) is 3.84. The standard InChI is InChI=1S/C18H20N2O/c1-13(2)20-12-15-5-4-6-16(9-15)17-10-14(11-19)7-8-18(17)21-3/h4-10,13,20H,12H2,1-3H3. The van der Waals surface area contributed by atoms with E-state index in [2.05, 4.69) is 37.4 Å². The van der Waals surface area contributed by atoms with E-state index in [-0.39, 0.29) is 0 Å². The largest absolute Gasteiger partial charge is 0.496 e. The number of nitrogens with one attached hydrogen (secondary N) is 1. The zero-order valence-corrected chi connectivity index (χ0v) is 12.7. The van der Waals surface area contributed by atoms with E-state index in [1.54, 1.807) is 13.2 Å². The number of benzene rings is 2. The molecule has 0 unspecified atom stereocenters. The molecule has 0 radical (unpaired) electrons. The Morgan fingerprint density at radius 1 is 1.19 bits per heavy atom. The van der Waals surface area contributed by atoms with Crippen molar-refractivity contribution in [1.29, 1.82) is 5.26 Å². The minimum Gasteiger partial charge on any atom is -0.496 e. The molecule has 0 amide bonds. The van der Waals surface area contributed by atoms with Crippen molar-refractivity contribution in [3.8, 4) is 22.9 Å². The molecule has 2 rings (SSSR count). The third-order valence-corrected chi connectivity index (χ3v) is 3.28. The van der Waals surface area contributed by atoms with Crippen LogP contribution in [-0.4, -0.2) is 13.2 Å². The third-order valence-electron chi connectivity index (χ3n) is 3.28. The Hall–Kier alpha value is -2.31. The fraction of sp³-hybridized carbons (Fsp3) is 0.278. The zero-order chi connectivity index (χ0) is 15.2. The van der Waals surface area contributed by atoms with Crippen LogP contribution in [0.2, 0.25) is 0 Å². The van der Waals surface area contributed by atoms with Crippen molar-refractivity contribution >= 4 is 0 Å². The van der Waals surface area contributed by atoms with Crippen LogP contribution in [0.15, 0.2) is 42.5 Å². The second kappa shape index (κ2) is 6.92. The van der Waals surface area contributed by atoms with Gasteiger partial charge >= 0.3 is 0 Å². The number of rotatable bonds is 5. The molecule has 0 spiro atoms. The Bertz CT molecular complexity index is 657. The molecule has 0 saturated heterocycles. The van der Waals surface area contributed by atoms with Crippen molar-refractivity contribution in [3.63, 3.8) is 0 Å². The van der Waals surface area contributed by atoms with Gasteiger partial charge in [0.15, 0.2) is 0 Å². The van der Waals surface area contributed by atoms with Gasteiger partial charge in [0, 0.05) is 18.2 Å². The highest BCUT2D eigenvalue weighted by Gasteiger charge is 2.08. The Labute approximate surface area is 126 Å². The van der Waals surface area contributed by atoms with E-state index < -0.39 is 0 Å². The summed E-state index contributed by atoms with van der Waals surface area (Å²) in [7, 11) is 1.65. The average Bonchev–Trinajstić information content (AvgIpc) is 2.52. The molecule has 108 valence electrons. The van der Waals surface area contributed by atoms with Crippen LogP contribution < -0.4 is 10.1 Å². The van der Waals surface area contributed by atoms with E-state index in [1.807, 2.05) is 24.3 Å². The van der Waals surface area contributed by atoms with Crippen LogP contribution in [0.5, 0.6) is 5.75 Å². The summed E-state index contributed by atoms with van der Waals surface area (Å²) < 4.78 is 5.41. The van der Waals surface area contributed by atoms with Crippen LogP contribution >= 0.6 is 0 Å². The highest BCUT2D eigenvalue weighted by Crippen LogP contribution is 2.31. The lowest BCUT2D eigenvalue weighted by Gasteiger charge is -2.12. The maximum absolute atomic E-state index is 9.07. The van der Waals surface area contributed by atoms with E-state index in [4.69, 9.17) is 10.00 Å². The van der Waals surface area contributed by atoms with E-state index >= 15 is 0 Å². The summed E-state index contributed by atoms with van der Waals surface area (Å²) in [6.07, 6.45) is 0. The van der Waals surface area contributed by atoms with Crippen LogP contribution in [0.1, 0.15) is 25.0 Å². The molecule has 3 heteroatoms. The van der Waals surface area contributed by atoms with E-state index in [1.165, 1.54) is 5.56 Å². The predicted octanol–water partition coefficient (Wildman–Crippen LogP) is 3.73. The molecule has 3 nitrogen and oxygen atoms in total. The molecule has 2 aromatic rings. The maximum Gasteiger partial charge on any atom is 0.126 e. The first kappa shape index (κ1) is 15.1. The van der Waals surface area contributed by atoms with Gasteiger partial charge in [-0.2, -0.15) is 5.26 Å². The SMILES string of the molecule is COc1ccc(C#N)cc1-c1cccc(CNC(C)C)c1. The van der Waals surface area contributed by atoms with Crippen LogP contribution in [0, 0.1) is 11.3 Å². The van der Waals surface area contributed by atoms with Crippen LogP contribution in [0.4, 0.5) is 0 Å². The average molecular weight is 280 g/mol. The van der Waals surface area contributed by atoms with Crippen LogP contribution in [-0.2, 0) is 6.54 Å². The summed E-state index contributed by atoms with van der Waals surface area (Å²) in [6.45, 7) is 5.08. The van der Waals surface area contributed by atoms with Gasteiger partial charge in [0.05, 0.1) is 18.7 Å². The second-order valence-electron chi connectivity index (χ2n) is 5.26. The number of ether oxygens (including phenoxy) is 1. The van der Waals surface area contributed by atoms with Crippen molar-refractivity contribution in [3.05, 3.63) is 53.6 Å². The number of methoxy groups -OCH3 is 1. The molecule has 0 aromatic heterocycles. The number of nitrogens with zero attached hydrogens (tertiary/aromatic N) is 1. The molecule has 0 heterocycles. The number of nitriles is 1. The molecule has 0 saturated carbocycles. The molecule has 0 fully saturated rings. The van der Waals surface area contributed by atoms with Crippen molar-refractivity contribution in [2.75, 3.05) is 7.11 Å². The number of hydrogen-bond donors (Lipinski definition) is 1.